The molecule has 0 N–H and O–H groups in total. The first-order valence-electron chi connectivity index (χ1n) is 8.85. The molecule has 0 aliphatic rings. The van der Waals surface area contributed by atoms with Crippen molar-refractivity contribution in [1.82, 2.24) is 0 Å². The van der Waals surface area contributed by atoms with Gasteiger partial charge < -0.3 is 9.47 Å². The Kier molecular flexibility index (Phi) is 6.07. The molecule has 1 amide bonds. The second-order valence-electron chi connectivity index (χ2n) is 6.05. The smallest absolute Gasteiger partial charge is 0.229 e. The van der Waals surface area contributed by atoms with E-state index < -0.39 is 0 Å². The molecular weight excluding hydrogens is 352 g/mol. The van der Waals surface area contributed by atoms with Crippen molar-refractivity contribution in [3.05, 3.63) is 84.4 Å². The second-order valence-corrected chi connectivity index (χ2v) is 6.05. The van der Waals surface area contributed by atoms with E-state index in [1.54, 1.807) is 19.1 Å². The Balaban J connectivity index is 2.11. The lowest BCUT2D eigenvalue weighted by molar-refractivity contribution is -0.115. The minimum absolute atomic E-state index is 0.138. The second kappa shape index (κ2) is 8.86. The Morgan fingerprint density at radius 3 is 1.82 bits per heavy atom. The molecule has 0 fully saturated rings. The van der Waals surface area contributed by atoms with Crippen molar-refractivity contribution in [3.8, 4) is 11.5 Å². The van der Waals surface area contributed by atoms with E-state index in [0.29, 0.717) is 11.5 Å². The highest BCUT2D eigenvalue weighted by Crippen LogP contribution is 2.25. The lowest BCUT2D eigenvalue weighted by Gasteiger charge is -2.23. The Bertz CT molecular complexity index is 949. The Labute approximate surface area is 164 Å². The van der Waals surface area contributed by atoms with Crippen LogP contribution in [0, 0.1) is 0 Å². The molecule has 3 aromatic carbocycles. The van der Waals surface area contributed by atoms with E-state index in [9.17, 15) is 4.79 Å². The summed E-state index contributed by atoms with van der Waals surface area (Å²) in [6.07, 6.45) is 0. The zero-order valence-electron chi connectivity index (χ0n) is 16.1. The van der Waals surface area contributed by atoms with Gasteiger partial charge in [-0.15, -0.1) is 0 Å². The highest BCUT2D eigenvalue weighted by atomic mass is 16.5. The van der Waals surface area contributed by atoms with Crippen molar-refractivity contribution in [2.75, 3.05) is 19.1 Å². The van der Waals surface area contributed by atoms with Crippen LogP contribution in [0.4, 0.5) is 11.4 Å². The number of anilines is 1. The lowest BCUT2D eigenvalue weighted by atomic mass is 10.1. The molecule has 0 bridgehead atoms. The quantitative estimate of drug-likeness (QED) is 0.474. The number of benzene rings is 3. The number of hydrogen-bond acceptors (Lipinski definition) is 4. The molecule has 0 aliphatic carbocycles. The minimum atomic E-state index is -0.138. The van der Waals surface area contributed by atoms with Gasteiger partial charge in [-0.2, -0.15) is 0 Å². The molecule has 0 saturated heterocycles. The summed E-state index contributed by atoms with van der Waals surface area (Å²) in [6, 6.07) is 24.4. The maximum absolute atomic E-state index is 12.6. The van der Waals surface area contributed by atoms with Gasteiger partial charge in [0, 0.05) is 12.5 Å². The number of methoxy groups -OCH3 is 2. The Hall–Kier alpha value is -3.60. The van der Waals surface area contributed by atoms with Crippen LogP contribution >= 0.6 is 0 Å². The highest BCUT2D eigenvalue weighted by Gasteiger charge is 2.20. The van der Waals surface area contributed by atoms with Gasteiger partial charge in [0.05, 0.1) is 25.6 Å². The van der Waals surface area contributed by atoms with Crippen molar-refractivity contribution in [1.29, 1.82) is 0 Å². The van der Waals surface area contributed by atoms with Gasteiger partial charge >= 0.3 is 0 Å². The number of carbonyl (C=O) groups is 1. The molecule has 142 valence electrons. The largest absolute Gasteiger partial charge is 0.497 e. The molecule has 3 rings (SSSR count). The summed E-state index contributed by atoms with van der Waals surface area (Å²) < 4.78 is 10.4. The average molecular weight is 374 g/mol. The molecule has 5 heteroatoms. The normalized spacial score (nSPS) is 11.0. The van der Waals surface area contributed by atoms with Gasteiger partial charge in [-0.25, -0.2) is 4.99 Å². The van der Waals surface area contributed by atoms with Crippen LogP contribution in [0.25, 0.3) is 0 Å². The van der Waals surface area contributed by atoms with E-state index in [-0.39, 0.29) is 5.91 Å². The molecule has 0 heterocycles. The van der Waals surface area contributed by atoms with Gasteiger partial charge in [0.2, 0.25) is 5.91 Å². The maximum atomic E-state index is 12.6. The number of ether oxygens (including phenoxy) is 2. The lowest BCUT2D eigenvalue weighted by Crippen LogP contribution is -2.35. The van der Waals surface area contributed by atoms with E-state index in [2.05, 4.69) is 0 Å². The summed E-state index contributed by atoms with van der Waals surface area (Å²) in [5.41, 5.74) is 2.27. The van der Waals surface area contributed by atoms with E-state index >= 15 is 0 Å². The zero-order chi connectivity index (χ0) is 19.9. The van der Waals surface area contributed by atoms with Crippen LogP contribution in [0.1, 0.15) is 12.5 Å². The van der Waals surface area contributed by atoms with Gasteiger partial charge in [-0.3, -0.25) is 9.69 Å². The van der Waals surface area contributed by atoms with Gasteiger partial charge in [0.15, 0.2) is 0 Å². The fourth-order valence-electron chi connectivity index (χ4n) is 2.79. The maximum Gasteiger partial charge on any atom is 0.229 e. The fraction of sp³-hybridized carbons (Fsp3) is 0.130. The number of amides is 1. The van der Waals surface area contributed by atoms with Crippen LogP contribution in [0.2, 0.25) is 0 Å². The van der Waals surface area contributed by atoms with Crippen molar-refractivity contribution in [2.45, 2.75) is 6.92 Å². The van der Waals surface area contributed by atoms with Crippen molar-refractivity contribution in [2.24, 2.45) is 4.99 Å². The summed E-state index contributed by atoms with van der Waals surface area (Å²) in [5.74, 6) is 1.88. The van der Waals surface area contributed by atoms with E-state index in [0.717, 1.165) is 22.7 Å². The number of nitrogens with zero attached hydrogens (tertiary/aromatic N) is 2. The van der Waals surface area contributed by atoms with Crippen LogP contribution in [0.15, 0.2) is 83.9 Å². The van der Waals surface area contributed by atoms with Gasteiger partial charge in [-0.1, -0.05) is 30.3 Å². The van der Waals surface area contributed by atoms with E-state index in [1.807, 2.05) is 78.9 Å². The average Bonchev–Trinajstić information content (AvgIpc) is 2.74. The number of carbonyl (C=O) groups excluding carboxylic acids is 1. The molecule has 3 aromatic rings. The topological polar surface area (TPSA) is 51.1 Å². The SMILES string of the molecule is COc1ccc(N=C(c2ccccc2)N(C(C)=O)c2ccc(OC)cc2)cc1. The standard InChI is InChI=1S/C23H22N2O3/c1-17(26)25(20-11-15-22(28-3)16-12-20)23(18-7-5-4-6-8-18)24-19-9-13-21(27-2)14-10-19/h4-16H,1-3H3. The monoisotopic (exact) mass is 374 g/mol. The third-order valence-corrected chi connectivity index (χ3v) is 4.20. The van der Waals surface area contributed by atoms with Gasteiger partial charge in [0.1, 0.15) is 17.3 Å². The fourth-order valence-corrected chi connectivity index (χ4v) is 2.79. The summed E-state index contributed by atoms with van der Waals surface area (Å²) in [6.45, 7) is 1.52. The number of hydrogen-bond donors (Lipinski definition) is 0. The van der Waals surface area contributed by atoms with E-state index in [1.165, 1.54) is 6.92 Å². The molecule has 0 aliphatic heterocycles. The molecule has 0 saturated carbocycles. The van der Waals surface area contributed by atoms with Crippen LogP contribution < -0.4 is 14.4 Å². The highest BCUT2D eigenvalue weighted by molar-refractivity contribution is 6.23. The molecular formula is C23H22N2O3. The molecule has 0 unspecified atom stereocenters. The predicted octanol–water partition coefficient (Wildman–Crippen LogP) is 4.84. The summed E-state index contributed by atoms with van der Waals surface area (Å²) in [5, 5.41) is 0. The summed E-state index contributed by atoms with van der Waals surface area (Å²) in [4.78, 5) is 19.0. The molecule has 5 nitrogen and oxygen atoms in total. The first-order valence-corrected chi connectivity index (χ1v) is 8.85. The third kappa shape index (κ3) is 4.38. The van der Waals surface area contributed by atoms with E-state index in [4.69, 9.17) is 14.5 Å². The van der Waals surface area contributed by atoms with Crippen molar-refractivity contribution in [3.63, 3.8) is 0 Å². The summed E-state index contributed by atoms with van der Waals surface area (Å²) >= 11 is 0. The van der Waals surface area contributed by atoms with Crippen LogP contribution in [-0.4, -0.2) is 26.0 Å². The minimum Gasteiger partial charge on any atom is -0.497 e. The zero-order valence-corrected chi connectivity index (χ0v) is 16.1. The Morgan fingerprint density at radius 2 is 1.32 bits per heavy atom. The van der Waals surface area contributed by atoms with Gasteiger partial charge in [0.25, 0.3) is 0 Å². The first-order chi connectivity index (χ1) is 13.6. The number of aliphatic imine (C=N–C) groups is 1. The van der Waals surface area contributed by atoms with Crippen molar-refractivity contribution < 1.29 is 14.3 Å². The van der Waals surface area contributed by atoms with Crippen LogP contribution in [0.3, 0.4) is 0 Å². The molecule has 28 heavy (non-hydrogen) atoms. The first kappa shape index (κ1) is 19.2. The number of rotatable bonds is 5. The van der Waals surface area contributed by atoms with Crippen LogP contribution in [-0.2, 0) is 4.79 Å². The van der Waals surface area contributed by atoms with Gasteiger partial charge in [-0.05, 0) is 48.5 Å². The molecule has 0 radical (unpaired) electrons. The third-order valence-electron chi connectivity index (χ3n) is 4.20. The predicted molar refractivity (Wildman–Crippen MR) is 112 cm³/mol. The van der Waals surface area contributed by atoms with Crippen molar-refractivity contribution >= 4 is 23.1 Å². The molecule has 0 spiro atoms. The Morgan fingerprint density at radius 1 is 0.786 bits per heavy atom. The summed E-state index contributed by atoms with van der Waals surface area (Å²) in [7, 11) is 3.23. The molecule has 0 atom stereocenters. The number of amidine groups is 1. The van der Waals surface area contributed by atoms with Crippen LogP contribution in [0.5, 0.6) is 11.5 Å². The molecule has 0 aromatic heterocycles.